The average Bonchev–Trinajstić information content (AvgIpc) is 3.51. The number of aromatic nitrogens is 6. The Labute approximate surface area is 171 Å². The molecule has 2 N–H and O–H groups in total. The maximum absolute atomic E-state index is 11.3. The van der Waals surface area contributed by atoms with Crippen molar-refractivity contribution >= 4 is 34.5 Å². The van der Waals surface area contributed by atoms with Crippen LogP contribution in [0.15, 0.2) is 12.4 Å². The molecule has 0 unspecified atom stereocenters. The van der Waals surface area contributed by atoms with E-state index in [2.05, 4.69) is 19.9 Å². The van der Waals surface area contributed by atoms with E-state index in [1.165, 1.54) is 25.2 Å². The van der Waals surface area contributed by atoms with E-state index in [0.717, 1.165) is 6.54 Å². The maximum Gasteiger partial charge on any atom is 0.286 e. The summed E-state index contributed by atoms with van der Waals surface area (Å²) in [4.78, 5) is 35.5. The molecule has 3 aromatic rings. The van der Waals surface area contributed by atoms with Crippen molar-refractivity contribution < 1.29 is 9.53 Å². The van der Waals surface area contributed by atoms with Gasteiger partial charge in [0.1, 0.15) is 0 Å². The van der Waals surface area contributed by atoms with Crippen LogP contribution < -0.4 is 10.6 Å². The molecule has 150 valence electrons. The lowest BCUT2D eigenvalue weighted by Gasteiger charge is -2.28. The fourth-order valence-corrected chi connectivity index (χ4v) is 3.61. The van der Waals surface area contributed by atoms with Gasteiger partial charge in [-0.05, 0) is 30.4 Å². The summed E-state index contributed by atoms with van der Waals surface area (Å²) in [6.07, 6.45) is 5.38. The molecule has 1 aliphatic heterocycles. The van der Waals surface area contributed by atoms with Gasteiger partial charge >= 0.3 is 0 Å². The van der Waals surface area contributed by atoms with Crippen molar-refractivity contribution in [1.29, 1.82) is 0 Å². The number of hydrogen-bond donors (Lipinski definition) is 1. The smallest absolute Gasteiger partial charge is 0.286 e. The number of carbonyl (C=O) groups excluding carboxylic acids is 1. The minimum Gasteiger partial charge on any atom is -0.378 e. The third-order valence-corrected chi connectivity index (χ3v) is 5.40. The van der Waals surface area contributed by atoms with Gasteiger partial charge in [0.15, 0.2) is 22.8 Å². The van der Waals surface area contributed by atoms with Crippen LogP contribution in [0.3, 0.4) is 0 Å². The molecule has 11 heteroatoms. The molecule has 1 saturated carbocycles. The summed E-state index contributed by atoms with van der Waals surface area (Å²) in [6.45, 7) is 3.43. The van der Waals surface area contributed by atoms with E-state index in [9.17, 15) is 4.79 Å². The Hall–Kier alpha value is -2.85. The van der Waals surface area contributed by atoms with Gasteiger partial charge in [-0.15, -0.1) is 0 Å². The van der Waals surface area contributed by atoms with Gasteiger partial charge < -0.3 is 15.4 Å². The Kier molecular flexibility index (Phi) is 4.51. The van der Waals surface area contributed by atoms with Gasteiger partial charge in [0.2, 0.25) is 11.1 Å². The third-order valence-electron chi connectivity index (χ3n) is 5.11. The quantitative estimate of drug-likeness (QED) is 0.619. The highest BCUT2D eigenvalue weighted by atomic mass is 35.5. The standard InChI is InChI=1S/C18H19ClN8O2/c19-18-23-12-16(26-3-5-29-6-4-26)24-14(11-7-21-15(13(20)28)22-8-11)25-17(12)27(18)9-10-1-2-10/h7-8,10H,1-6,9H2,(H2,20,28). The SMILES string of the molecule is NC(=O)c1ncc(-c2nc(N3CCOCC3)c3nc(Cl)n(CC4CC4)c3n2)cn1. The van der Waals surface area contributed by atoms with E-state index in [-0.39, 0.29) is 5.82 Å². The molecule has 1 aliphatic carbocycles. The summed E-state index contributed by atoms with van der Waals surface area (Å²) in [6, 6.07) is 0. The number of ether oxygens (including phenoxy) is 1. The first-order valence-electron chi connectivity index (χ1n) is 9.49. The van der Waals surface area contributed by atoms with Crippen LogP contribution in [0, 0.1) is 5.92 Å². The van der Waals surface area contributed by atoms with Crippen LogP contribution in [0.4, 0.5) is 5.82 Å². The Morgan fingerprint density at radius 1 is 1.17 bits per heavy atom. The first kappa shape index (κ1) is 18.2. The highest BCUT2D eigenvalue weighted by Gasteiger charge is 2.27. The molecular weight excluding hydrogens is 396 g/mol. The number of rotatable bonds is 5. The first-order valence-corrected chi connectivity index (χ1v) is 9.86. The third kappa shape index (κ3) is 3.49. The molecule has 1 saturated heterocycles. The molecule has 0 radical (unpaired) electrons. The summed E-state index contributed by atoms with van der Waals surface area (Å²) >= 11 is 6.47. The second-order valence-electron chi connectivity index (χ2n) is 7.24. The van der Waals surface area contributed by atoms with E-state index in [1.54, 1.807) is 0 Å². The van der Waals surface area contributed by atoms with Gasteiger partial charge in [-0.25, -0.2) is 24.9 Å². The molecule has 10 nitrogen and oxygen atoms in total. The number of nitrogens with two attached hydrogens (primary N) is 1. The van der Waals surface area contributed by atoms with Crippen molar-refractivity contribution in [3.63, 3.8) is 0 Å². The molecule has 0 spiro atoms. The molecule has 4 heterocycles. The number of anilines is 1. The summed E-state index contributed by atoms with van der Waals surface area (Å²) in [5.41, 5.74) is 7.18. The van der Waals surface area contributed by atoms with Crippen molar-refractivity contribution in [3.8, 4) is 11.4 Å². The monoisotopic (exact) mass is 414 g/mol. The van der Waals surface area contributed by atoms with Gasteiger partial charge in [0, 0.05) is 32.0 Å². The summed E-state index contributed by atoms with van der Waals surface area (Å²) in [5, 5.41) is 0.410. The fraction of sp³-hybridized carbons (Fsp3) is 0.444. The molecule has 2 aliphatic rings. The molecule has 0 aromatic carbocycles. The lowest BCUT2D eigenvalue weighted by Crippen LogP contribution is -2.37. The van der Waals surface area contributed by atoms with Gasteiger partial charge in [-0.1, -0.05) is 0 Å². The molecular formula is C18H19ClN8O2. The molecule has 3 aromatic heterocycles. The van der Waals surface area contributed by atoms with Gasteiger partial charge in [-0.2, -0.15) is 0 Å². The Bertz CT molecular complexity index is 1070. The van der Waals surface area contributed by atoms with Crippen LogP contribution >= 0.6 is 11.6 Å². The maximum atomic E-state index is 11.3. The lowest BCUT2D eigenvalue weighted by atomic mass is 10.3. The largest absolute Gasteiger partial charge is 0.378 e. The van der Waals surface area contributed by atoms with Crippen LogP contribution in [-0.4, -0.2) is 61.7 Å². The number of carbonyl (C=O) groups is 1. The minimum absolute atomic E-state index is 0.0509. The van der Waals surface area contributed by atoms with Crippen LogP contribution in [0.1, 0.15) is 23.5 Å². The van der Waals surface area contributed by atoms with Crippen molar-refractivity contribution in [3.05, 3.63) is 23.5 Å². The second-order valence-corrected chi connectivity index (χ2v) is 7.57. The van der Waals surface area contributed by atoms with Crippen molar-refractivity contribution in [2.45, 2.75) is 19.4 Å². The predicted octanol–water partition coefficient (Wildman–Crippen LogP) is 1.28. The average molecular weight is 415 g/mol. The highest BCUT2D eigenvalue weighted by Crippen LogP contribution is 2.35. The zero-order valence-corrected chi connectivity index (χ0v) is 16.3. The number of amides is 1. The van der Waals surface area contributed by atoms with Crippen molar-refractivity contribution in [2.24, 2.45) is 11.7 Å². The zero-order valence-electron chi connectivity index (χ0n) is 15.6. The Morgan fingerprint density at radius 3 is 2.55 bits per heavy atom. The Balaban J connectivity index is 1.65. The first-order chi connectivity index (χ1) is 14.1. The van der Waals surface area contributed by atoms with Crippen LogP contribution in [-0.2, 0) is 11.3 Å². The molecule has 0 atom stereocenters. The minimum atomic E-state index is -0.684. The summed E-state index contributed by atoms with van der Waals surface area (Å²) in [5.74, 6) is 1.03. The van der Waals surface area contributed by atoms with Crippen LogP contribution in [0.2, 0.25) is 5.28 Å². The van der Waals surface area contributed by atoms with E-state index < -0.39 is 5.91 Å². The second kappa shape index (κ2) is 7.20. The van der Waals surface area contributed by atoms with E-state index in [1.807, 2.05) is 4.57 Å². The number of imidazole rings is 1. The predicted molar refractivity (Wildman–Crippen MR) is 106 cm³/mol. The number of hydrogen-bond acceptors (Lipinski definition) is 8. The molecule has 1 amide bonds. The fourth-order valence-electron chi connectivity index (χ4n) is 3.38. The lowest BCUT2D eigenvalue weighted by molar-refractivity contribution is 0.0990. The van der Waals surface area contributed by atoms with E-state index in [0.29, 0.717) is 65.9 Å². The van der Waals surface area contributed by atoms with E-state index >= 15 is 0 Å². The molecule has 5 rings (SSSR count). The zero-order chi connectivity index (χ0) is 20.0. The van der Waals surface area contributed by atoms with Crippen molar-refractivity contribution in [2.75, 3.05) is 31.2 Å². The van der Waals surface area contributed by atoms with Crippen LogP contribution in [0.25, 0.3) is 22.6 Å². The molecule has 2 fully saturated rings. The number of morpholine rings is 1. The van der Waals surface area contributed by atoms with Crippen LogP contribution in [0.5, 0.6) is 0 Å². The van der Waals surface area contributed by atoms with Gasteiger partial charge in [-0.3, -0.25) is 9.36 Å². The van der Waals surface area contributed by atoms with Gasteiger partial charge in [0.05, 0.1) is 18.8 Å². The normalized spacial score (nSPS) is 17.1. The topological polar surface area (TPSA) is 125 Å². The van der Waals surface area contributed by atoms with Crippen molar-refractivity contribution in [1.82, 2.24) is 29.5 Å². The number of nitrogens with zero attached hydrogens (tertiary/aromatic N) is 7. The highest BCUT2D eigenvalue weighted by molar-refractivity contribution is 6.29. The van der Waals surface area contributed by atoms with E-state index in [4.69, 9.17) is 32.0 Å². The Morgan fingerprint density at radius 2 is 1.90 bits per heavy atom. The molecule has 29 heavy (non-hydrogen) atoms. The number of halogens is 1. The van der Waals surface area contributed by atoms with Gasteiger partial charge in [0.25, 0.3) is 5.91 Å². The number of fused-ring (bicyclic) bond motifs is 1. The molecule has 0 bridgehead atoms. The number of primary amides is 1. The summed E-state index contributed by atoms with van der Waals surface area (Å²) in [7, 11) is 0. The summed E-state index contributed by atoms with van der Waals surface area (Å²) < 4.78 is 7.42.